The maximum Gasteiger partial charge on any atom is 0.280 e. The topological polar surface area (TPSA) is 116 Å². The van der Waals surface area contributed by atoms with Gasteiger partial charge in [0.1, 0.15) is 0 Å². The molecule has 0 spiro atoms. The molecule has 0 bridgehead atoms. The number of sulfone groups is 1. The minimum atomic E-state index is -3.50. The van der Waals surface area contributed by atoms with Gasteiger partial charge in [-0.25, -0.2) is 8.42 Å². The van der Waals surface area contributed by atoms with E-state index in [0.29, 0.717) is 18.4 Å². The van der Waals surface area contributed by atoms with Gasteiger partial charge in [-0.1, -0.05) is 33.3 Å². The van der Waals surface area contributed by atoms with Gasteiger partial charge < -0.3 is 11.5 Å². The second-order valence-corrected chi connectivity index (χ2v) is 7.84. The van der Waals surface area contributed by atoms with Crippen LogP contribution in [0.1, 0.15) is 67.4 Å². The normalized spacial score (nSPS) is 11.5. The maximum absolute atomic E-state index is 12.5. The highest BCUT2D eigenvalue weighted by atomic mass is 32.2. The monoisotopic (exact) mass is 353 g/mol. The van der Waals surface area contributed by atoms with Gasteiger partial charge in [0.05, 0.1) is 4.90 Å². The number of guanidine groups is 1. The summed E-state index contributed by atoms with van der Waals surface area (Å²) in [4.78, 5) is 16.1. The summed E-state index contributed by atoms with van der Waals surface area (Å²) in [6.45, 7) is 5.99. The van der Waals surface area contributed by atoms with Gasteiger partial charge in [0, 0.05) is 11.8 Å². The van der Waals surface area contributed by atoms with Gasteiger partial charge in [0.25, 0.3) is 5.91 Å². The molecule has 0 aliphatic rings. The van der Waals surface area contributed by atoms with Gasteiger partial charge in [-0.05, 0) is 42.4 Å². The van der Waals surface area contributed by atoms with Crippen molar-refractivity contribution in [1.82, 2.24) is 0 Å². The van der Waals surface area contributed by atoms with E-state index < -0.39 is 15.7 Å². The Hall–Kier alpha value is -1.89. The van der Waals surface area contributed by atoms with Crippen LogP contribution in [-0.4, -0.2) is 26.5 Å². The summed E-state index contributed by atoms with van der Waals surface area (Å²) < 4.78 is 25.0. The first-order valence-corrected chi connectivity index (χ1v) is 10.1. The number of amides is 1. The number of aliphatic imine (C=N–C) groups is 1. The molecule has 134 valence electrons. The summed E-state index contributed by atoms with van der Waals surface area (Å²) in [7, 11) is -3.50. The summed E-state index contributed by atoms with van der Waals surface area (Å²) in [5.41, 5.74) is 12.1. The van der Waals surface area contributed by atoms with Crippen LogP contribution in [0.5, 0.6) is 0 Å². The Kier molecular flexibility index (Phi) is 6.95. The van der Waals surface area contributed by atoms with E-state index in [2.05, 4.69) is 4.99 Å². The molecule has 7 heteroatoms. The molecule has 0 radical (unpaired) electrons. The van der Waals surface area contributed by atoms with Gasteiger partial charge in [-0.15, -0.1) is 0 Å². The Bertz CT molecular complexity index is 732. The predicted molar refractivity (Wildman–Crippen MR) is 97.0 cm³/mol. The lowest BCUT2D eigenvalue weighted by Crippen LogP contribution is -2.24. The Labute approximate surface area is 144 Å². The first kappa shape index (κ1) is 20.2. The molecule has 4 N–H and O–H groups in total. The molecule has 0 atom stereocenters. The number of hydrogen-bond donors (Lipinski definition) is 2. The van der Waals surface area contributed by atoms with Crippen molar-refractivity contribution in [2.75, 3.05) is 6.26 Å². The molecule has 24 heavy (non-hydrogen) atoms. The highest BCUT2D eigenvalue weighted by Gasteiger charge is 2.26. The standard InChI is InChI=1S/C17H27N3O3S/c1-5-8-13-14(16(21)20-17(18)19)10-9-12(11(6-2)7-3)15(13)24(4,22)23/h9-11H,5-8H2,1-4H3,(H4,18,19,20,21). The van der Waals surface area contributed by atoms with Crippen LogP contribution in [0.3, 0.4) is 0 Å². The van der Waals surface area contributed by atoms with Crippen molar-refractivity contribution in [3.63, 3.8) is 0 Å². The smallest absolute Gasteiger partial charge is 0.280 e. The number of benzene rings is 1. The van der Waals surface area contributed by atoms with Crippen molar-refractivity contribution >= 4 is 21.7 Å². The van der Waals surface area contributed by atoms with Crippen LogP contribution in [0.2, 0.25) is 0 Å². The summed E-state index contributed by atoms with van der Waals surface area (Å²) in [6, 6.07) is 3.37. The van der Waals surface area contributed by atoms with E-state index in [9.17, 15) is 13.2 Å². The largest absolute Gasteiger partial charge is 0.370 e. The van der Waals surface area contributed by atoms with Crippen molar-refractivity contribution in [3.05, 3.63) is 28.8 Å². The number of rotatable bonds is 7. The zero-order chi connectivity index (χ0) is 18.5. The number of nitrogens with two attached hydrogens (primary N) is 2. The molecule has 0 saturated heterocycles. The van der Waals surface area contributed by atoms with Crippen molar-refractivity contribution in [1.29, 1.82) is 0 Å². The van der Waals surface area contributed by atoms with E-state index >= 15 is 0 Å². The third kappa shape index (κ3) is 4.56. The van der Waals surface area contributed by atoms with Crippen LogP contribution in [-0.2, 0) is 16.3 Å². The van der Waals surface area contributed by atoms with Crippen molar-refractivity contribution in [3.8, 4) is 0 Å². The molecule has 1 rings (SSSR count). The molecular weight excluding hydrogens is 326 g/mol. The van der Waals surface area contributed by atoms with Gasteiger partial charge >= 0.3 is 0 Å². The third-order valence-electron chi connectivity index (χ3n) is 4.05. The van der Waals surface area contributed by atoms with E-state index in [1.807, 2.05) is 20.8 Å². The zero-order valence-corrected chi connectivity index (χ0v) is 15.6. The Morgan fingerprint density at radius 3 is 2.17 bits per heavy atom. The minimum absolute atomic E-state index is 0.123. The first-order valence-electron chi connectivity index (χ1n) is 8.17. The van der Waals surface area contributed by atoms with Crippen LogP contribution < -0.4 is 11.5 Å². The van der Waals surface area contributed by atoms with E-state index in [1.54, 1.807) is 12.1 Å². The minimum Gasteiger partial charge on any atom is -0.370 e. The van der Waals surface area contributed by atoms with Gasteiger partial charge in [0.2, 0.25) is 0 Å². The summed E-state index contributed by atoms with van der Waals surface area (Å²) >= 11 is 0. The molecule has 0 unspecified atom stereocenters. The summed E-state index contributed by atoms with van der Waals surface area (Å²) in [5.74, 6) is -0.829. The first-order chi connectivity index (χ1) is 11.2. The maximum atomic E-state index is 12.5. The molecule has 0 aliphatic heterocycles. The Balaban J connectivity index is 3.79. The van der Waals surface area contributed by atoms with Crippen LogP contribution in [0.25, 0.3) is 0 Å². The zero-order valence-electron chi connectivity index (χ0n) is 14.8. The van der Waals surface area contributed by atoms with E-state index in [4.69, 9.17) is 11.5 Å². The molecule has 6 nitrogen and oxygen atoms in total. The van der Waals surface area contributed by atoms with Crippen LogP contribution in [0, 0.1) is 0 Å². The van der Waals surface area contributed by atoms with E-state index in [1.165, 1.54) is 6.26 Å². The molecule has 0 fully saturated rings. The Morgan fingerprint density at radius 1 is 1.17 bits per heavy atom. The van der Waals surface area contributed by atoms with Crippen molar-refractivity contribution in [2.45, 2.75) is 57.3 Å². The second kappa shape index (κ2) is 8.28. The lowest BCUT2D eigenvalue weighted by atomic mass is 9.89. The lowest BCUT2D eigenvalue weighted by molar-refractivity contribution is 0.100. The van der Waals surface area contributed by atoms with Crippen LogP contribution >= 0.6 is 0 Å². The number of nitrogens with zero attached hydrogens (tertiary/aromatic N) is 1. The highest BCUT2D eigenvalue weighted by Crippen LogP contribution is 2.34. The second-order valence-electron chi connectivity index (χ2n) is 5.89. The van der Waals surface area contributed by atoms with Gasteiger partial charge in [-0.2, -0.15) is 4.99 Å². The molecule has 0 aromatic heterocycles. The van der Waals surface area contributed by atoms with Crippen LogP contribution in [0.4, 0.5) is 0 Å². The van der Waals surface area contributed by atoms with Crippen molar-refractivity contribution < 1.29 is 13.2 Å². The van der Waals surface area contributed by atoms with Gasteiger partial charge in [0.15, 0.2) is 15.8 Å². The SMILES string of the molecule is CCCc1c(C(=O)N=C(N)N)ccc(C(CC)CC)c1S(C)(=O)=O. The van der Waals surface area contributed by atoms with Crippen LogP contribution in [0.15, 0.2) is 22.0 Å². The fourth-order valence-electron chi connectivity index (χ4n) is 3.01. The molecule has 1 aromatic rings. The fourth-order valence-corrected chi connectivity index (χ4v) is 4.33. The predicted octanol–water partition coefficient (Wildman–Crippen LogP) is 2.36. The number of carbonyl (C=O) groups excluding carboxylic acids is 1. The molecule has 1 amide bonds. The highest BCUT2D eigenvalue weighted by molar-refractivity contribution is 7.90. The van der Waals surface area contributed by atoms with Crippen molar-refractivity contribution in [2.24, 2.45) is 16.5 Å². The number of carbonyl (C=O) groups is 1. The van der Waals surface area contributed by atoms with E-state index in [0.717, 1.165) is 18.4 Å². The molecular formula is C17H27N3O3S. The average molecular weight is 353 g/mol. The van der Waals surface area contributed by atoms with E-state index in [-0.39, 0.29) is 22.3 Å². The molecule has 0 aliphatic carbocycles. The Morgan fingerprint density at radius 2 is 1.75 bits per heavy atom. The number of hydrogen-bond acceptors (Lipinski definition) is 3. The molecule has 0 heterocycles. The summed E-state index contributed by atoms with van der Waals surface area (Å²) in [6.07, 6.45) is 4.01. The lowest BCUT2D eigenvalue weighted by Gasteiger charge is -2.21. The average Bonchev–Trinajstić information content (AvgIpc) is 2.46. The molecule has 0 saturated carbocycles. The fraction of sp³-hybridized carbons (Fsp3) is 0.529. The van der Waals surface area contributed by atoms with Gasteiger partial charge in [-0.3, -0.25) is 4.79 Å². The summed E-state index contributed by atoms with van der Waals surface area (Å²) in [5, 5.41) is 0. The quantitative estimate of drug-likeness (QED) is 0.576. The molecule has 1 aromatic carbocycles. The third-order valence-corrected chi connectivity index (χ3v) is 5.27.